The van der Waals surface area contributed by atoms with Crippen molar-refractivity contribution in [3.05, 3.63) is 22.4 Å². The van der Waals surface area contributed by atoms with Crippen molar-refractivity contribution < 1.29 is 5.11 Å². The van der Waals surface area contributed by atoms with E-state index in [-0.39, 0.29) is 24.2 Å². The van der Waals surface area contributed by atoms with Gasteiger partial charge in [-0.3, -0.25) is 4.90 Å². The van der Waals surface area contributed by atoms with E-state index in [9.17, 15) is 5.11 Å². The number of aliphatic hydroxyl groups excluding tert-OH is 1. The lowest BCUT2D eigenvalue weighted by molar-refractivity contribution is 0.00653. The van der Waals surface area contributed by atoms with Gasteiger partial charge in [0.2, 0.25) is 0 Å². The van der Waals surface area contributed by atoms with Gasteiger partial charge in [-0.1, -0.05) is 19.8 Å². The molecule has 0 bridgehead atoms. The van der Waals surface area contributed by atoms with Crippen LogP contribution in [0, 0.1) is 0 Å². The molecular weight excluding hydrogens is 256 g/mol. The van der Waals surface area contributed by atoms with Crippen LogP contribution in [-0.4, -0.2) is 35.2 Å². The van der Waals surface area contributed by atoms with Crippen LogP contribution in [0.15, 0.2) is 16.8 Å². The van der Waals surface area contributed by atoms with Crippen LogP contribution in [0.2, 0.25) is 0 Å². The molecule has 2 rings (SSSR count). The third-order valence-corrected chi connectivity index (χ3v) is 5.12. The van der Waals surface area contributed by atoms with E-state index in [1.807, 2.05) is 0 Å². The molecule has 1 aliphatic carbocycles. The molecule has 0 aliphatic heterocycles. The summed E-state index contributed by atoms with van der Waals surface area (Å²) >= 11 is 1.72. The van der Waals surface area contributed by atoms with Crippen LogP contribution in [0.1, 0.15) is 50.6 Å². The van der Waals surface area contributed by atoms with Crippen molar-refractivity contribution in [2.75, 3.05) is 7.05 Å². The summed E-state index contributed by atoms with van der Waals surface area (Å²) in [6, 6.07) is 2.75. The second-order valence-electron chi connectivity index (χ2n) is 5.66. The Morgan fingerprint density at radius 2 is 2.21 bits per heavy atom. The van der Waals surface area contributed by atoms with E-state index in [0.717, 1.165) is 25.7 Å². The third-order valence-electron chi connectivity index (χ3n) is 4.42. The summed E-state index contributed by atoms with van der Waals surface area (Å²) in [5, 5.41) is 14.6. The predicted molar refractivity (Wildman–Crippen MR) is 81.4 cm³/mol. The quantitative estimate of drug-likeness (QED) is 0.873. The predicted octanol–water partition coefficient (Wildman–Crippen LogP) is 2.76. The second-order valence-corrected chi connectivity index (χ2v) is 6.44. The van der Waals surface area contributed by atoms with E-state index in [1.54, 1.807) is 11.3 Å². The van der Waals surface area contributed by atoms with Crippen LogP contribution in [-0.2, 0) is 0 Å². The number of aliphatic hydroxyl groups is 1. The molecule has 1 aliphatic rings. The van der Waals surface area contributed by atoms with E-state index >= 15 is 0 Å². The SMILES string of the molecule is CCC(N)C(c1ccsc1)N(C)C1CCCCC1O. The van der Waals surface area contributed by atoms with Gasteiger partial charge in [0.1, 0.15) is 0 Å². The van der Waals surface area contributed by atoms with Gasteiger partial charge in [0.25, 0.3) is 0 Å². The first kappa shape index (κ1) is 15.0. The van der Waals surface area contributed by atoms with Crippen LogP contribution in [0.5, 0.6) is 0 Å². The molecule has 4 heteroatoms. The van der Waals surface area contributed by atoms with Crippen molar-refractivity contribution >= 4 is 11.3 Å². The van der Waals surface area contributed by atoms with E-state index in [1.165, 1.54) is 12.0 Å². The van der Waals surface area contributed by atoms with E-state index in [2.05, 4.69) is 35.7 Å². The van der Waals surface area contributed by atoms with Crippen molar-refractivity contribution in [1.29, 1.82) is 0 Å². The standard InChI is InChI=1S/C15H26N2OS/c1-3-12(16)15(11-8-9-19-10-11)17(2)13-6-4-5-7-14(13)18/h8-10,12-15,18H,3-7,16H2,1-2H3. The normalized spacial score (nSPS) is 27.4. The molecule has 3 N–H and O–H groups in total. The fourth-order valence-corrected chi connectivity index (χ4v) is 3.91. The number of thiophene rings is 1. The molecule has 4 atom stereocenters. The molecule has 0 saturated heterocycles. The van der Waals surface area contributed by atoms with Gasteiger partial charge in [-0.15, -0.1) is 0 Å². The lowest BCUT2D eigenvalue weighted by atomic mass is 9.88. The number of likely N-dealkylation sites (N-methyl/N-ethyl adjacent to an activating group) is 1. The molecule has 4 unspecified atom stereocenters. The maximum atomic E-state index is 10.3. The van der Waals surface area contributed by atoms with Crippen LogP contribution >= 0.6 is 11.3 Å². The first-order valence-corrected chi connectivity index (χ1v) is 8.27. The Kier molecular flexibility index (Phi) is 5.39. The van der Waals surface area contributed by atoms with Crippen LogP contribution in [0.4, 0.5) is 0 Å². The van der Waals surface area contributed by atoms with Crippen LogP contribution < -0.4 is 5.73 Å². The van der Waals surface area contributed by atoms with Gasteiger partial charge in [0.15, 0.2) is 0 Å². The molecule has 0 aromatic carbocycles. The number of hydrogen-bond acceptors (Lipinski definition) is 4. The van der Waals surface area contributed by atoms with Gasteiger partial charge in [-0.2, -0.15) is 11.3 Å². The minimum absolute atomic E-state index is 0.119. The molecular formula is C15H26N2OS. The van der Waals surface area contributed by atoms with Crippen LogP contribution in [0.3, 0.4) is 0 Å². The zero-order valence-corrected chi connectivity index (χ0v) is 12.8. The second kappa shape index (κ2) is 6.84. The van der Waals surface area contributed by atoms with Crippen molar-refractivity contribution in [2.45, 2.75) is 63.3 Å². The summed E-state index contributed by atoms with van der Waals surface area (Å²) in [6.07, 6.45) is 5.11. The summed E-state index contributed by atoms with van der Waals surface area (Å²) in [6.45, 7) is 2.13. The number of rotatable bonds is 5. The van der Waals surface area contributed by atoms with Gasteiger partial charge >= 0.3 is 0 Å². The molecule has 0 radical (unpaired) electrons. The highest BCUT2D eigenvalue weighted by molar-refractivity contribution is 7.07. The molecule has 19 heavy (non-hydrogen) atoms. The summed E-state index contributed by atoms with van der Waals surface area (Å²) in [5.41, 5.74) is 7.63. The Bertz CT molecular complexity index is 368. The summed E-state index contributed by atoms with van der Waals surface area (Å²) < 4.78 is 0. The lowest BCUT2D eigenvalue weighted by Gasteiger charge is -2.41. The molecule has 0 amide bonds. The Hall–Kier alpha value is -0.420. The van der Waals surface area contributed by atoms with Crippen LogP contribution in [0.25, 0.3) is 0 Å². The zero-order chi connectivity index (χ0) is 13.8. The third kappa shape index (κ3) is 3.37. The van der Waals surface area contributed by atoms with Gasteiger partial charge in [-0.05, 0) is 48.7 Å². The fraction of sp³-hybridized carbons (Fsp3) is 0.733. The monoisotopic (exact) mass is 282 g/mol. The van der Waals surface area contributed by atoms with Gasteiger partial charge in [0, 0.05) is 12.1 Å². The molecule has 1 saturated carbocycles. The topological polar surface area (TPSA) is 49.5 Å². The van der Waals surface area contributed by atoms with Gasteiger partial charge < -0.3 is 10.8 Å². The number of nitrogens with zero attached hydrogens (tertiary/aromatic N) is 1. The highest BCUT2D eigenvalue weighted by Gasteiger charge is 2.33. The molecule has 1 aromatic rings. The molecule has 1 aromatic heterocycles. The molecule has 108 valence electrons. The van der Waals surface area contributed by atoms with E-state index in [0.29, 0.717) is 0 Å². The average molecular weight is 282 g/mol. The fourth-order valence-electron chi connectivity index (χ4n) is 3.22. The summed E-state index contributed by atoms with van der Waals surface area (Å²) in [5.74, 6) is 0. The van der Waals surface area contributed by atoms with Gasteiger partial charge in [0.05, 0.1) is 12.1 Å². The maximum Gasteiger partial charge on any atom is 0.0695 e. The Morgan fingerprint density at radius 1 is 1.47 bits per heavy atom. The Labute approximate surface area is 120 Å². The van der Waals surface area contributed by atoms with E-state index < -0.39 is 0 Å². The lowest BCUT2D eigenvalue weighted by Crippen LogP contribution is -2.49. The summed E-state index contributed by atoms with van der Waals surface area (Å²) in [7, 11) is 2.12. The van der Waals surface area contributed by atoms with E-state index in [4.69, 9.17) is 5.73 Å². The molecule has 1 fully saturated rings. The smallest absolute Gasteiger partial charge is 0.0695 e. The minimum Gasteiger partial charge on any atom is -0.391 e. The highest BCUT2D eigenvalue weighted by Crippen LogP contribution is 2.32. The van der Waals surface area contributed by atoms with Gasteiger partial charge in [-0.25, -0.2) is 0 Å². The molecule has 3 nitrogen and oxygen atoms in total. The molecule has 1 heterocycles. The summed E-state index contributed by atoms with van der Waals surface area (Å²) in [4.78, 5) is 2.32. The first-order chi connectivity index (χ1) is 9.15. The average Bonchev–Trinajstić information content (AvgIpc) is 2.93. The van der Waals surface area contributed by atoms with Crippen molar-refractivity contribution in [3.63, 3.8) is 0 Å². The van der Waals surface area contributed by atoms with Crippen molar-refractivity contribution in [2.24, 2.45) is 5.73 Å². The van der Waals surface area contributed by atoms with Crippen molar-refractivity contribution in [1.82, 2.24) is 4.90 Å². The number of nitrogens with two attached hydrogens (primary N) is 1. The van der Waals surface area contributed by atoms with Crippen molar-refractivity contribution in [3.8, 4) is 0 Å². The first-order valence-electron chi connectivity index (χ1n) is 7.32. The minimum atomic E-state index is -0.205. The Morgan fingerprint density at radius 3 is 2.79 bits per heavy atom. The number of hydrogen-bond donors (Lipinski definition) is 2. The Balaban J connectivity index is 2.17. The highest BCUT2D eigenvalue weighted by atomic mass is 32.1. The molecule has 0 spiro atoms. The maximum absolute atomic E-state index is 10.3. The zero-order valence-electron chi connectivity index (χ0n) is 12.0. The largest absolute Gasteiger partial charge is 0.391 e.